The number of unbranched alkanes of at least 4 members (excludes halogenated alkanes) is 2. The van der Waals surface area contributed by atoms with Gasteiger partial charge in [-0.3, -0.25) is 0 Å². The van der Waals surface area contributed by atoms with Crippen molar-refractivity contribution < 1.29 is 0 Å². The smallest absolute Gasteiger partial charge is 0.0913 e. The van der Waals surface area contributed by atoms with Gasteiger partial charge in [-0.1, -0.05) is 26.7 Å². The van der Waals surface area contributed by atoms with Gasteiger partial charge in [0.05, 0.1) is 10.0 Å². The van der Waals surface area contributed by atoms with Crippen molar-refractivity contribution in [2.24, 2.45) is 0 Å². The first-order valence-electron chi connectivity index (χ1n) is 5.86. The first-order valence-corrected chi connectivity index (χ1v) is 6.67. The summed E-state index contributed by atoms with van der Waals surface area (Å²) in [5.74, 6) is 0. The van der Waals surface area contributed by atoms with Crippen molar-refractivity contribution in [1.82, 2.24) is 0 Å². The predicted molar refractivity (Wildman–Crippen MR) is 70.4 cm³/mol. The third kappa shape index (κ3) is 3.13. The van der Waals surface area contributed by atoms with Crippen molar-refractivity contribution in [3.63, 3.8) is 0 Å². The van der Waals surface area contributed by atoms with Gasteiger partial charge >= 0.3 is 0 Å². The second-order valence-electron chi connectivity index (χ2n) is 3.99. The largest absolute Gasteiger partial charge is 0.390 e. The zero-order chi connectivity index (χ0) is 11.3. The van der Waals surface area contributed by atoms with E-state index in [1.54, 1.807) is 11.3 Å². The minimum absolute atomic E-state index is 0.937. The Balaban J connectivity index is 2.80. The van der Waals surface area contributed by atoms with Gasteiger partial charge in [0.2, 0.25) is 0 Å². The number of thiophene rings is 1. The number of hydrogen-bond donors (Lipinski definition) is 2. The minimum atomic E-state index is 0.937. The molecule has 1 aromatic rings. The van der Waals surface area contributed by atoms with E-state index in [9.17, 15) is 0 Å². The summed E-state index contributed by atoms with van der Waals surface area (Å²) in [7, 11) is 0. The maximum absolute atomic E-state index is 5.99. The summed E-state index contributed by atoms with van der Waals surface area (Å²) in [6.07, 6.45) is 7.02. The molecule has 1 aromatic heterocycles. The fourth-order valence-electron chi connectivity index (χ4n) is 1.79. The fraction of sp³-hybridized carbons (Fsp3) is 0.667. The number of nitrogen functional groups attached to an aromatic ring is 2. The van der Waals surface area contributed by atoms with Crippen molar-refractivity contribution in [3.8, 4) is 0 Å². The summed E-state index contributed by atoms with van der Waals surface area (Å²) >= 11 is 1.55. The average Bonchev–Trinajstić information content (AvgIpc) is 2.47. The molecule has 1 rings (SSSR count). The molecule has 0 atom stereocenters. The second-order valence-corrected chi connectivity index (χ2v) is 5.08. The summed E-state index contributed by atoms with van der Waals surface area (Å²) in [4.78, 5) is 0. The molecule has 86 valence electrons. The molecular formula is C12H22N2S. The van der Waals surface area contributed by atoms with Gasteiger partial charge in [-0.05, 0) is 36.8 Å². The standard InChI is InChI=1S/C12H22N2S/c1-3-5-7-9-10(8-6-4-2)12(14)15-11(9)13/h3-8,13-14H2,1-2H3. The van der Waals surface area contributed by atoms with E-state index in [0.717, 1.165) is 22.8 Å². The zero-order valence-corrected chi connectivity index (χ0v) is 10.6. The lowest BCUT2D eigenvalue weighted by atomic mass is 10.0. The highest BCUT2D eigenvalue weighted by atomic mass is 32.1. The van der Waals surface area contributed by atoms with Gasteiger partial charge in [-0.15, -0.1) is 11.3 Å². The fourth-order valence-corrected chi connectivity index (χ4v) is 2.73. The van der Waals surface area contributed by atoms with Crippen LogP contribution in [-0.2, 0) is 12.8 Å². The van der Waals surface area contributed by atoms with E-state index in [1.165, 1.54) is 36.8 Å². The SMILES string of the molecule is CCCCc1c(N)sc(N)c1CCCC. The molecule has 0 fully saturated rings. The Labute approximate surface area is 96.7 Å². The summed E-state index contributed by atoms with van der Waals surface area (Å²) < 4.78 is 0. The van der Waals surface area contributed by atoms with Crippen LogP contribution in [0.2, 0.25) is 0 Å². The highest BCUT2D eigenvalue weighted by Crippen LogP contribution is 2.35. The third-order valence-corrected chi connectivity index (χ3v) is 3.67. The van der Waals surface area contributed by atoms with Crippen LogP contribution in [0.5, 0.6) is 0 Å². The van der Waals surface area contributed by atoms with Gasteiger partial charge in [-0.2, -0.15) is 0 Å². The Hall–Kier alpha value is -0.700. The molecule has 0 saturated heterocycles. The quantitative estimate of drug-likeness (QED) is 0.778. The summed E-state index contributed by atoms with van der Waals surface area (Å²) in [5.41, 5.74) is 14.6. The Morgan fingerprint density at radius 3 is 1.60 bits per heavy atom. The molecule has 0 saturated carbocycles. The third-order valence-electron chi connectivity index (χ3n) is 2.74. The van der Waals surface area contributed by atoms with Crippen molar-refractivity contribution >= 4 is 21.3 Å². The molecule has 0 aliphatic heterocycles. The first kappa shape index (κ1) is 12.4. The van der Waals surface area contributed by atoms with E-state index < -0.39 is 0 Å². The molecule has 2 nitrogen and oxygen atoms in total. The molecule has 0 aliphatic carbocycles. The highest BCUT2D eigenvalue weighted by Gasteiger charge is 2.13. The molecule has 4 N–H and O–H groups in total. The number of anilines is 2. The second kappa shape index (κ2) is 6.01. The van der Waals surface area contributed by atoms with Crippen molar-refractivity contribution in [1.29, 1.82) is 0 Å². The molecule has 0 unspecified atom stereocenters. The van der Waals surface area contributed by atoms with Gasteiger partial charge in [0, 0.05) is 0 Å². The van der Waals surface area contributed by atoms with Crippen LogP contribution in [0.3, 0.4) is 0 Å². The molecule has 1 heterocycles. The molecule has 0 aliphatic rings. The highest BCUT2D eigenvalue weighted by molar-refractivity contribution is 7.20. The van der Waals surface area contributed by atoms with Gasteiger partial charge < -0.3 is 11.5 Å². The van der Waals surface area contributed by atoms with Crippen LogP contribution >= 0.6 is 11.3 Å². The van der Waals surface area contributed by atoms with Gasteiger partial charge in [0.25, 0.3) is 0 Å². The van der Waals surface area contributed by atoms with Crippen LogP contribution < -0.4 is 11.5 Å². The predicted octanol–water partition coefficient (Wildman–Crippen LogP) is 3.60. The van der Waals surface area contributed by atoms with E-state index in [4.69, 9.17) is 11.5 Å². The van der Waals surface area contributed by atoms with E-state index in [1.807, 2.05) is 0 Å². The van der Waals surface area contributed by atoms with E-state index in [-0.39, 0.29) is 0 Å². The Morgan fingerprint density at radius 1 is 0.867 bits per heavy atom. The first-order chi connectivity index (χ1) is 7.20. The van der Waals surface area contributed by atoms with Crippen molar-refractivity contribution in [2.45, 2.75) is 52.4 Å². The Morgan fingerprint density at radius 2 is 1.27 bits per heavy atom. The number of hydrogen-bond acceptors (Lipinski definition) is 3. The molecule has 3 heteroatoms. The van der Waals surface area contributed by atoms with Gasteiger partial charge in [0.1, 0.15) is 0 Å². The van der Waals surface area contributed by atoms with Crippen LogP contribution in [-0.4, -0.2) is 0 Å². The van der Waals surface area contributed by atoms with E-state index in [0.29, 0.717) is 0 Å². The average molecular weight is 226 g/mol. The van der Waals surface area contributed by atoms with E-state index in [2.05, 4.69) is 13.8 Å². The summed E-state index contributed by atoms with van der Waals surface area (Å²) in [6, 6.07) is 0. The number of nitrogens with two attached hydrogens (primary N) is 2. The van der Waals surface area contributed by atoms with Crippen LogP contribution in [0.1, 0.15) is 50.7 Å². The normalized spacial score (nSPS) is 10.8. The lowest BCUT2D eigenvalue weighted by molar-refractivity contribution is 0.764. The Bertz CT molecular complexity index is 276. The zero-order valence-electron chi connectivity index (χ0n) is 9.81. The maximum Gasteiger partial charge on any atom is 0.0913 e. The Kier molecular flexibility index (Phi) is 4.95. The molecule has 0 amide bonds. The summed E-state index contributed by atoms with van der Waals surface area (Å²) in [6.45, 7) is 4.41. The van der Waals surface area contributed by atoms with Crippen molar-refractivity contribution in [3.05, 3.63) is 11.1 Å². The summed E-state index contributed by atoms with van der Waals surface area (Å²) in [5, 5.41) is 1.87. The molecule has 0 radical (unpaired) electrons. The van der Waals surface area contributed by atoms with Gasteiger partial charge in [-0.25, -0.2) is 0 Å². The molecule has 0 aromatic carbocycles. The van der Waals surface area contributed by atoms with Crippen LogP contribution in [0.4, 0.5) is 10.0 Å². The topological polar surface area (TPSA) is 52.0 Å². The molecule has 15 heavy (non-hydrogen) atoms. The monoisotopic (exact) mass is 226 g/mol. The lowest BCUT2D eigenvalue weighted by Gasteiger charge is -2.05. The van der Waals surface area contributed by atoms with E-state index >= 15 is 0 Å². The molecular weight excluding hydrogens is 204 g/mol. The molecule has 0 spiro atoms. The van der Waals surface area contributed by atoms with Gasteiger partial charge in [0.15, 0.2) is 0 Å². The van der Waals surface area contributed by atoms with Crippen molar-refractivity contribution in [2.75, 3.05) is 11.5 Å². The molecule has 0 bridgehead atoms. The minimum Gasteiger partial charge on any atom is -0.390 e. The lowest BCUT2D eigenvalue weighted by Crippen LogP contribution is -1.97. The van der Waals surface area contributed by atoms with Crippen LogP contribution in [0.15, 0.2) is 0 Å². The van der Waals surface area contributed by atoms with Crippen LogP contribution in [0, 0.1) is 0 Å². The van der Waals surface area contributed by atoms with Crippen LogP contribution in [0.25, 0.3) is 0 Å². The number of rotatable bonds is 6. The maximum atomic E-state index is 5.99.